The second-order valence-corrected chi connectivity index (χ2v) is 6.95. The molecule has 0 bridgehead atoms. The van der Waals surface area contributed by atoms with Crippen molar-refractivity contribution in [3.8, 4) is 17.6 Å². The monoisotopic (exact) mass is 407 g/mol. The van der Waals surface area contributed by atoms with Gasteiger partial charge in [0.25, 0.3) is 0 Å². The van der Waals surface area contributed by atoms with Gasteiger partial charge in [-0.3, -0.25) is 4.79 Å². The molecule has 0 aromatic heterocycles. The number of nitrogens with one attached hydrogen (secondary N) is 1. The Morgan fingerprint density at radius 3 is 2.50 bits per heavy atom. The number of hydrogen-bond acceptors (Lipinski definition) is 5. The van der Waals surface area contributed by atoms with Gasteiger partial charge in [0.15, 0.2) is 11.5 Å². The van der Waals surface area contributed by atoms with E-state index in [0.717, 1.165) is 43.0 Å². The van der Waals surface area contributed by atoms with Crippen molar-refractivity contribution in [1.82, 2.24) is 10.2 Å². The van der Waals surface area contributed by atoms with Crippen molar-refractivity contribution in [1.29, 1.82) is 5.26 Å². The third kappa shape index (κ3) is 7.61. The fourth-order valence-electron chi connectivity index (χ4n) is 2.93. The van der Waals surface area contributed by atoms with Crippen LogP contribution in [0, 0.1) is 11.3 Å². The molecule has 0 heterocycles. The van der Waals surface area contributed by atoms with Crippen molar-refractivity contribution >= 4 is 12.0 Å². The molecule has 0 aliphatic heterocycles. The number of carbonyl (C=O) groups excluding carboxylic acids is 1. The Bertz CT molecular complexity index is 886. The highest BCUT2D eigenvalue weighted by atomic mass is 16.5. The van der Waals surface area contributed by atoms with Crippen LogP contribution in [-0.4, -0.2) is 51.7 Å². The van der Waals surface area contributed by atoms with Gasteiger partial charge in [0.2, 0.25) is 5.91 Å². The second-order valence-electron chi connectivity index (χ2n) is 6.95. The van der Waals surface area contributed by atoms with Crippen LogP contribution in [0.1, 0.15) is 23.1 Å². The Hall–Kier alpha value is -3.30. The fraction of sp³-hybridized carbons (Fsp3) is 0.333. The van der Waals surface area contributed by atoms with E-state index in [1.165, 1.54) is 11.6 Å². The Labute approximate surface area is 178 Å². The highest BCUT2D eigenvalue weighted by Crippen LogP contribution is 2.27. The summed E-state index contributed by atoms with van der Waals surface area (Å²) in [6.45, 7) is 2.44. The van der Waals surface area contributed by atoms with E-state index in [2.05, 4.69) is 29.4 Å². The summed E-state index contributed by atoms with van der Waals surface area (Å²) >= 11 is 0. The topological polar surface area (TPSA) is 74.6 Å². The van der Waals surface area contributed by atoms with E-state index in [1.54, 1.807) is 32.4 Å². The zero-order chi connectivity index (χ0) is 21.8. The molecular formula is C24H29N3O3. The molecule has 2 aromatic carbocycles. The molecule has 0 radical (unpaired) electrons. The Balaban J connectivity index is 1.65. The van der Waals surface area contributed by atoms with E-state index in [9.17, 15) is 4.79 Å². The number of likely N-dealkylation sites (N-methyl/N-ethyl adjacent to an activating group) is 1. The van der Waals surface area contributed by atoms with Crippen molar-refractivity contribution in [2.75, 3.05) is 40.9 Å². The molecule has 0 saturated heterocycles. The molecular weight excluding hydrogens is 378 g/mol. The zero-order valence-corrected chi connectivity index (χ0v) is 17.9. The van der Waals surface area contributed by atoms with Gasteiger partial charge in [-0.25, -0.2) is 0 Å². The van der Waals surface area contributed by atoms with Crippen LogP contribution in [0.4, 0.5) is 0 Å². The lowest BCUT2D eigenvalue weighted by Crippen LogP contribution is -2.28. The largest absolute Gasteiger partial charge is 0.493 e. The van der Waals surface area contributed by atoms with E-state index >= 15 is 0 Å². The molecule has 6 heteroatoms. The van der Waals surface area contributed by atoms with Crippen molar-refractivity contribution in [3.05, 3.63) is 65.2 Å². The first-order valence-electron chi connectivity index (χ1n) is 9.91. The average Bonchev–Trinajstić information content (AvgIpc) is 2.79. The summed E-state index contributed by atoms with van der Waals surface area (Å²) in [5, 5.41) is 11.7. The minimum atomic E-state index is -0.118. The molecule has 2 aromatic rings. The summed E-state index contributed by atoms with van der Waals surface area (Å²) in [7, 11) is 5.35. The lowest BCUT2D eigenvalue weighted by Gasteiger charge is -2.17. The number of hydrogen-bond donors (Lipinski definition) is 1. The number of ether oxygens (including phenoxy) is 2. The van der Waals surface area contributed by atoms with Crippen molar-refractivity contribution in [2.45, 2.75) is 12.8 Å². The van der Waals surface area contributed by atoms with Crippen LogP contribution in [0.3, 0.4) is 0 Å². The quantitative estimate of drug-likeness (QED) is 0.457. The Kier molecular flexibility index (Phi) is 9.43. The molecule has 0 aliphatic carbocycles. The van der Waals surface area contributed by atoms with Gasteiger partial charge in [-0.2, -0.15) is 5.26 Å². The summed E-state index contributed by atoms with van der Waals surface area (Å²) in [5.41, 5.74) is 2.69. The number of carbonyl (C=O) groups is 1. The van der Waals surface area contributed by atoms with Crippen LogP contribution in [-0.2, 0) is 11.2 Å². The summed E-state index contributed by atoms with van der Waals surface area (Å²) in [6.07, 6.45) is 5.04. The molecule has 1 N–H and O–H groups in total. The molecule has 0 saturated carbocycles. The maximum Gasteiger partial charge on any atom is 0.243 e. The van der Waals surface area contributed by atoms with Gasteiger partial charge in [-0.15, -0.1) is 0 Å². The lowest BCUT2D eigenvalue weighted by atomic mass is 10.1. The highest BCUT2D eigenvalue weighted by Gasteiger charge is 2.06. The number of nitrogens with zero attached hydrogens (tertiary/aromatic N) is 2. The number of nitriles is 1. The number of benzene rings is 2. The SMILES string of the molecule is COc1ccc(CCN(C)CCCNC(=O)/C=C/c2ccc(C#N)cc2)cc1OC. The van der Waals surface area contributed by atoms with Gasteiger partial charge < -0.3 is 19.7 Å². The van der Waals surface area contributed by atoms with Crippen LogP contribution in [0.25, 0.3) is 6.08 Å². The molecule has 2 rings (SSSR count). The normalized spacial score (nSPS) is 10.8. The third-order valence-corrected chi connectivity index (χ3v) is 4.71. The predicted molar refractivity (Wildman–Crippen MR) is 119 cm³/mol. The van der Waals surface area contributed by atoms with Crippen LogP contribution in [0.2, 0.25) is 0 Å². The van der Waals surface area contributed by atoms with Gasteiger partial charge in [0, 0.05) is 19.2 Å². The molecule has 0 fully saturated rings. The molecule has 0 aliphatic rings. The number of methoxy groups -OCH3 is 2. The van der Waals surface area contributed by atoms with Crippen molar-refractivity contribution in [2.24, 2.45) is 0 Å². The van der Waals surface area contributed by atoms with E-state index in [-0.39, 0.29) is 5.91 Å². The number of rotatable bonds is 11. The van der Waals surface area contributed by atoms with Crippen LogP contribution in [0.5, 0.6) is 11.5 Å². The fourth-order valence-corrected chi connectivity index (χ4v) is 2.93. The van der Waals surface area contributed by atoms with Gasteiger partial charge in [0.1, 0.15) is 0 Å². The first kappa shape index (κ1) is 23.0. The van der Waals surface area contributed by atoms with Crippen LogP contribution < -0.4 is 14.8 Å². The average molecular weight is 408 g/mol. The Morgan fingerprint density at radius 2 is 1.83 bits per heavy atom. The van der Waals surface area contributed by atoms with Crippen molar-refractivity contribution < 1.29 is 14.3 Å². The van der Waals surface area contributed by atoms with E-state index in [0.29, 0.717) is 12.1 Å². The summed E-state index contributed by atoms with van der Waals surface area (Å²) < 4.78 is 10.6. The predicted octanol–water partition coefficient (Wildman–Crippen LogP) is 3.27. The summed E-state index contributed by atoms with van der Waals surface area (Å²) in [5.74, 6) is 1.36. The van der Waals surface area contributed by atoms with Crippen LogP contribution in [0.15, 0.2) is 48.5 Å². The Morgan fingerprint density at radius 1 is 1.10 bits per heavy atom. The lowest BCUT2D eigenvalue weighted by molar-refractivity contribution is -0.116. The molecule has 30 heavy (non-hydrogen) atoms. The first-order chi connectivity index (χ1) is 14.5. The zero-order valence-electron chi connectivity index (χ0n) is 17.9. The molecule has 0 unspecified atom stereocenters. The minimum Gasteiger partial charge on any atom is -0.493 e. The molecule has 1 amide bonds. The summed E-state index contributed by atoms with van der Waals surface area (Å²) in [6, 6.07) is 15.1. The summed E-state index contributed by atoms with van der Waals surface area (Å²) in [4.78, 5) is 14.2. The van der Waals surface area contributed by atoms with Gasteiger partial charge >= 0.3 is 0 Å². The second kappa shape index (κ2) is 12.3. The highest BCUT2D eigenvalue weighted by molar-refractivity contribution is 5.91. The maximum absolute atomic E-state index is 11.9. The smallest absolute Gasteiger partial charge is 0.243 e. The molecule has 158 valence electrons. The van der Waals surface area contributed by atoms with Gasteiger partial charge in [0.05, 0.1) is 25.9 Å². The van der Waals surface area contributed by atoms with Gasteiger partial charge in [-0.1, -0.05) is 18.2 Å². The van der Waals surface area contributed by atoms with Crippen LogP contribution >= 0.6 is 0 Å². The van der Waals surface area contributed by atoms with Gasteiger partial charge in [-0.05, 0) is 67.9 Å². The van der Waals surface area contributed by atoms with E-state index in [1.807, 2.05) is 24.3 Å². The first-order valence-corrected chi connectivity index (χ1v) is 9.91. The number of amides is 1. The third-order valence-electron chi connectivity index (χ3n) is 4.71. The van der Waals surface area contributed by atoms with E-state index < -0.39 is 0 Å². The molecule has 0 spiro atoms. The standard InChI is InChI=1S/C24H29N3O3/c1-27(16-13-20-9-11-22(29-2)23(17-20)30-3)15-4-14-26-24(28)12-10-19-5-7-21(18-25)8-6-19/h5-12,17H,4,13-16H2,1-3H3,(H,26,28)/b12-10+. The molecule has 6 nitrogen and oxygen atoms in total. The maximum atomic E-state index is 11.9. The minimum absolute atomic E-state index is 0.118. The van der Waals surface area contributed by atoms with E-state index in [4.69, 9.17) is 14.7 Å². The molecule has 0 atom stereocenters. The van der Waals surface area contributed by atoms with Crippen molar-refractivity contribution in [3.63, 3.8) is 0 Å².